The SMILES string of the molecule is CCOC(=O)c1ccc(-c2ccc(C=NNC(=O)C(=Cc3cccs3)NC(=O)c3ccccc3)o2)cc1. The van der Waals surface area contributed by atoms with E-state index in [1.165, 1.54) is 17.6 Å². The number of amides is 2. The number of nitrogens with zero attached hydrogens (tertiary/aromatic N) is 1. The number of benzene rings is 2. The highest BCUT2D eigenvalue weighted by molar-refractivity contribution is 7.10. The zero-order valence-corrected chi connectivity index (χ0v) is 20.7. The second kappa shape index (κ2) is 12.3. The Morgan fingerprint density at radius 1 is 0.946 bits per heavy atom. The molecule has 37 heavy (non-hydrogen) atoms. The van der Waals surface area contributed by atoms with Gasteiger partial charge < -0.3 is 14.5 Å². The van der Waals surface area contributed by atoms with Gasteiger partial charge in [-0.3, -0.25) is 9.59 Å². The number of nitrogens with one attached hydrogen (secondary N) is 2. The fraction of sp³-hybridized carbons (Fsp3) is 0.0714. The number of carbonyl (C=O) groups is 3. The normalized spacial score (nSPS) is 11.3. The Kier molecular flexibility index (Phi) is 8.41. The van der Waals surface area contributed by atoms with E-state index >= 15 is 0 Å². The third kappa shape index (κ3) is 6.89. The smallest absolute Gasteiger partial charge is 0.338 e. The number of furan rings is 1. The summed E-state index contributed by atoms with van der Waals surface area (Å²) < 4.78 is 10.8. The van der Waals surface area contributed by atoms with E-state index < -0.39 is 11.8 Å². The number of hydrogen-bond donors (Lipinski definition) is 2. The van der Waals surface area contributed by atoms with Crippen LogP contribution in [-0.4, -0.2) is 30.6 Å². The molecule has 0 saturated heterocycles. The third-order valence-corrected chi connectivity index (χ3v) is 5.84. The maximum Gasteiger partial charge on any atom is 0.338 e. The van der Waals surface area contributed by atoms with Crippen molar-refractivity contribution >= 4 is 41.4 Å². The van der Waals surface area contributed by atoms with Gasteiger partial charge in [0, 0.05) is 16.0 Å². The van der Waals surface area contributed by atoms with Gasteiger partial charge in [0.2, 0.25) is 0 Å². The first-order valence-corrected chi connectivity index (χ1v) is 12.2. The average Bonchev–Trinajstić information content (AvgIpc) is 3.61. The zero-order valence-electron chi connectivity index (χ0n) is 19.8. The van der Waals surface area contributed by atoms with Gasteiger partial charge in [0.1, 0.15) is 17.2 Å². The lowest BCUT2D eigenvalue weighted by atomic mass is 10.1. The number of thiophene rings is 1. The number of esters is 1. The topological polar surface area (TPSA) is 110 Å². The molecule has 186 valence electrons. The lowest BCUT2D eigenvalue weighted by molar-refractivity contribution is -0.117. The minimum atomic E-state index is -0.588. The van der Waals surface area contributed by atoms with E-state index in [-0.39, 0.29) is 11.7 Å². The fourth-order valence-corrected chi connectivity index (χ4v) is 3.89. The molecule has 0 unspecified atom stereocenters. The van der Waals surface area contributed by atoms with Crippen LogP contribution in [0.15, 0.2) is 99.5 Å². The Bertz CT molecular complexity index is 1420. The first kappa shape index (κ1) is 25.3. The first-order valence-electron chi connectivity index (χ1n) is 11.4. The predicted octanol–water partition coefficient (Wildman–Crippen LogP) is 5.11. The van der Waals surface area contributed by atoms with Crippen molar-refractivity contribution in [1.82, 2.24) is 10.7 Å². The van der Waals surface area contributed by atoms with Crippen LogP contribution in [0.5, 0.6) is 0 Å². The largest absolute Gasteiger partial charge is 0.462 e. The standard InChI is InChI=1S/C28H23N3O5S/c1-2-35-28(34)21-12-10-19(11-13-21)25-15-14-22(36-25)18-29-31-27(33)24(17-23-9-6-16-37-23)30-26(32)20-7-4-3-5-8-20/h3-18H,2H2,1H3,(H,30,32)(H,31,33). The Morgan fingerprint density at radius 3 is 2.43 bits per heavy atom. The molecule has 0 saturated carbocycles. The van der Waals surface area contributed by atoms with Crippen molar-refractivity contribution in [2.75, 3.05) is 6.61 Å². The van der Waals surface area contributed by atoms with Gasteiger partial charge in [-0.05, 0) is 60.8 Å². The molecular formula is C28H23N3O5S. The van der Waals surface area contributed by atoms with Crippen LogP contribution in [0.3, 0.4) is 0 Å². The second-order valence-electron chi connectivity index (χ2n) is 7.59. The van der Waals surface area contributed by atoms with Crippen LogP contribution in [0.25, 0.3) is 17.4 Å². The first-order chi connectivity index (χ1) is 18.0. The van der Waals surface area contributed by atoms with Crippen LogP contribution in [0.4, 0.5) is 0 Å². The monoisotopic (exact) mass is 513 g/mol. The summed E-state index contributed by atoms with van der Waals surface area (Å²) in [6, 6.07) is 22.6. The molecule has 2 aromatic carbocycles. The van der Waals surface area contributed by atoms with Gasteiger partial charge >= 0.3 is 5.97 Å². The van der Waals surface area contributed by atoms with Crippen molar-refractivity contribution in [3.8, 4) is 11.3 Å². The van der Waals surface area contributed by atoms with E-state index in [2.05, 4.69) is 15.8 Å². The summed E-state index contributed by atoms with van der Waals surface area (Å²) in [5.74, 6) is -0.412. The maximum atomic E-state index is 12.8. The molecule has 0 aliphatic rings. The molecule has 0 bridgehead atoms. The number of carbonyl (C=O) groups excluding carboxylic acids is 3. The predicted molar refractivity (Wildman–Crippen MR) is 142 cm³/mol. The lowest BCUT2D eigenvalue weighted by Crippen LogP contribution is -2.32. The molecule has 4 rings (SSSR count). The minimum absolute atomic E-state index is 0.0512. The summed E-state index contributed by atoms with van der Waals surface area (Å²) in [6.45, 7) is 2.06. The highest BCUT2D eigenvalue weighted by atomic mass is 32.1. The van der Waals surface area contributed by atoms with Gasteiger partial charge in [-0.2, -0.15) is 5.10 Å². The molecule has 2 N–H and O–H groups in total. The van der Waals surface area contributed by atoms with Crippen LogP contribution < -0.4 is 10.7 Å². The fourth-order valence-electron chi connectivity index (χ4n) is 3.24. The van der Waals surface area contributed by atoms with E-state index in [0.29, 0.717) is 29.3 Å². The van der Waals surface area contributed by atoms with E-state index in [4.69, 9.17) is 9.15 Å². The van der Waals surface area contributed by atoms with Crippen molar-refractivity contribution < 1.29 is 23.5 Å². The van der Waals surface area contributed by atoms with Crippen molar-refractivity contribution in [3.63, 3.8) is 0 Å². The molecule has 0 spiro atoms. The summed E-state index contributed by atoms with van der Waals surface area (Å²) in [5.41, 5.74) is 4.12. The Morgan fingerprint density at radius 2 is 1.73 bits per heavy atom. The molecular weight excluding hydrogens is 490 g/mol. The van der Waals surface area contributed by atoms with Gasteiger partial charge in [-0.1, -0.05) is 36.4 Å². The van der Waals surface area contributed by atoms with Gasteiger partial charge in [-0.15, -0.1) is 11.3 Å². The molecule has 0 aliphatic carbocycles. The maximum absolute atomic E-state index is 12.8. The molecule has 9 heteroatoms. The Hall–Kier alpha value is -4.76. The van der Waals surface area contributed by atoms with Crippen molar-refractivity contribution in [2.24, 2.45) is 5.10 Å². The van der Waals surface area contributed by atoms with Crippen LogP contribution in [0.2, 0.25) is 0 Å². The third-order valence-electron chi connectivity index (χ3n) is 5.02. The molecule has 0 fully saturated rings. The molecule has 8 nitrogen and oxygen atoms in total. The van der Waals surface area contributed by atoms with Gasteiger partial charge in [0.15, 0.2) is 0 Å². The number of ether oxygens (including phenoxy) is 1. The van der Waals surface area contributed by atoms with E-state index in [0.717, 1.165) is 10.4 Å². The molecule has 4 aromatic rings. The van der Waals surface area contributed by atoms with E-state index in [9.17, 15) is 14.4 Å². The van der Waals surface area contributed by atoms with Crippen LogP contribution >= 0.6 is 11.3 Å². The quantitative estimate of drug-likeness (QED) is 0.140. The highest BCUT2D eigenvalue weighted by Crippen LogP contribution is 2.22. The molecule has 0 radical (unpaired) electrons. The number of rotatable bonds is 9. The Balaban J connectivity index is 1.42. The number of hydrazone groups is 1. The molecule has 2 aromatic heterocycles. The van der Waals surface area contributed by atoms with Crippen LogP contribution in [0.1, 0.15) is 38.3 Å². The molecule has 0 aliphatic heterocycles. The van der Waals surface area contributed by atoms with Crippen molar-refractivity contribution in [1.29, 1.82) is 0 Å². The lowest BCUT2D eigenvalue weighted by Gasteiger charge is -2.08. The summed E-state index contributed by atoms with van der Waals surface area (Å²) in [6.07, 6.45) is 2.94. The van der Waals surface area contributed by atoms with Gasteiger partial charge in [-0.25, -0.2) is 10.2 Å². The zero-order chi connectivity index (χ0) is 26.0. The summed E-state index contributed by atoms with van der Waals surface area (Å²) in [4.78, 5) is 38.0. The van der Waals surface area contributed by atoms with Gasteiger partial charge in [0.25, 0.3) is 11.8 Å². The minimum Gasteiger partial charge on any atom is -0.462 e. The Labute approximate surface area is 217 Å². The molecule has 2 amide bonds. The summed E-state index contributed by atoms with van der Waals surface area (Å²) >= 11 is 1.43. The molecule has 2 heterocycles. The average molecular weight is 514 g/mol. The van der Waals surface area contributed by atoms with Crippen molar-refractivity contribution in [2.45, 2.75) is 6.92 Å². The highest BCUT2D eigenvalue weighted by Gasteiger charge is 2.15. The summed E-state index contributed by atoms with van der Waals surface area (Å²) in [7, 11) is 0. The van der Waals surface area contributed by atoms with Crippen LogP contribution in [-0.2, 0) is 9.53 Å². The van der Waals surface area contributed by atoms with Crippen LogP contribution in [0, 0.1) is 0 Å². The van der Waals surface area contributed by atoms with E-state index in [1.807, 2.05) is 17.5 Å². The second-order valence-corrected chi connectivity index (χ2v) is 8.57. The van der Waals surface area contributed by atoms with Crippen molar-refractivity contribution in [3.05, 3.63) is 112 Å². The van der Waals surface area contributed by atoms with Gasteiger partial charge in [0.05, 0.1) is 18.4 Å². The molecule has 0 atom stereocenters. The van der Waals surface area contributed by atoms with E-state index in [1.54, 1.807) is 79.7 Å². The summed E-state index contributed by atoms with van der Waals surface area (Å²) in [5, 5.41) is 8.49. The number of hydrogen-bond acceptors (Lipinski definition) is 7.